The molecule has 0 atom stereocenters. The van der Waals surface area contributed by atoms with Crippen molar-refractivity contribution in [3.05, 3.63) is 35.4 Å². The molecule has 0 spiro atoms. The van der Waals surface area contributed by atoms with E-state index in [1.165, 1.54) is 0 Å². The molecule has 1 aromatic rings. The normalized spacial score (nSPS) is 18.1. The largest absolute Gasteiger partial charge is 0.326 e. The highest BCUT2D eigenvalue weighted by atomic mass is 35.5. The second-order valence-electron chi connectivity index (χ2n) is 3.85. The molecule has 2 rings (SSSR count). The van der Waals surface area contributed by atoms with Gasteiger partial charge in [0.15, 0.2) is 0 Å². The first kappa shape index (κ1) is 11.3. The second-order valence-corrected chi connectivity index (χ2v) is 4.11. The highest BCUT2D eigenvalue weighted by Crippen LogP contribution is 2.28. The summed E-state index contributed by atoms with van der Waals surface area (Å²) in [5, 5.41) is 0. The Labute approximate surface area is 96.8 Å². The van der Waals surface area contributed by atoms with Gasteiger partial charge >= 0.3 is 0 Å². The molecular formula is C11H10ClF2NO. The number of halogens is 3. The Hall–Kier alpha value is -1.16. The van der Waals surface area contributed by atoms with Gasteiger partial charge in [0, 0.05) is 11.4 Å². The van der Waals surface area contributed by atoms with Crippen molar-refractivity contribution in [1.82, 2.24) is 4.90 Å². The van der Waals surface area contributed by atoms with Crippen LogP contribution >= 0.6 is 11.6 Å². The summed E-state index contributed by atoms with van der Waals surface area (Å²) >= 11 is 5.60. The van der Waals surface area contributed by atoms with E-state index in [0.717, 1.165) is 10.5 Å². The van der Waals surface area contributed by atoms with E-state index >= 15 is 0 Å². The van der Waals surface area contributed by atoms with Gasteiger partial charge in [-0.05, 0) is 17.7 Å². The van der Waals surface area contributed by atoms with Crippen LogP contribution in [0, 0.1) is 0 Å². The fourth-order valence-corrected chi connectivity index (χ4v) is 1.75. The summed E-state index contributed by atoms with van der Waals surface area (Å²) in [6.45, 7) is -0.966. The summed E-state index contributed by atoms with van der Waals surface area (Å²) in [6, 6.07) is 6.66. The van der Waals surface area contributed by atoms with Crippen molar-refractivity contribution < 1.29 is 13.6 Å². The van der Waals surface area contributed by atoms with Crippen molar-refractivity contribution >= 4 is 17.5 Å². The minimum atomic E-state index is -2.72. The molecule has 5 heteroatoms. The molecule has 0 aliphatic carbocycles. The molecule has 0 aromatic heterocycles. The molecular weight excluding hydrogens is 236 g/mol. The van der Waals surface area contributed by atoms with Crippen LogP contribution in [-0.4, -0.2) is 29.8 Å². The van der Waals surface area contributed by atoms with E-state index in [9.17, 15) is 13.6 Å². The van der Waals surface area contributed by atoms with Gasteiger partial charge in [-0.1, -0.05) is 12.1 Å². The lowest BCUT2D eigenvalue weighted by atomic mass is 10.1. The molecule has 1 heterocycles. The van der Waals surface area contributed by atoms with Gasteiger partial charge in [-0.25, -0.2) is 8.78 Å². The number of amides is 1. The lowest BCUT2D eigenvalue weighted by Gasteiger charge is -2.38. The molecule has 1 aliphatic heterocycles. The van der Waals surface area contributed by atoms with Gasteiger partial charge in [0.1, 0.15) is 0 Å². The number of benzene rings is 1. The lowest BCUT2D eigenvalue weighted by molar-refractivity contribution is -0.113. The Morgan fingerprint density at radius 2 is 1.88 bits per heavy atom. The predicted octanol–water partition coefficient (Wildman–Crippen LogP) is 2.52. The minimum absolute atomic E-state index is 0.355. The maximum absolute atomic E-state index is 12.6. The summed E-state index contributed by atoms with van der Waals surface area (Å²) in [5.41, 5.74) is 1.32. The van der Waals surface area contributed by atoms with Crippen LogP contribution in [0.1, 0.15) is 15.9 Å². The van der Waals surface area contributed by atoms with E-state index in [2.05, 4.69) is 0 Å². The molecule has 1 aromatic carbocycles. The molecule has 0 bridgehead atoms. The summed E-state index contributed by atoms with van der Waals surface area (Å²) in [7, 11) is 0. The fraction of sp³-hybridized carbons (Fsp3) is 0.364. The van der Waals surface area contributed by atoms with Crippen molar-refractivity contribution in [2.45, 2.75) is 11.8 Å². The van der Waals surface area contributed by atoms with Gasteiger partial charge < -0.3 is 4.90 Å². The first-order chi connectivity index (χ1) is 7.52. The minimum Gasteiger partial charge on any atom is -0.326 e. The zero-order valence-electron chi connectivity index (χ0n) is 8.42. The van der Waals surface area contributed by atoms with Crippen LogP contribution in [0.15, 0.2) is 24.3 Å². The lowest BCUT2D eigenvalue weighted by Crippen LogP contribution is -2.58. The zero-order chi connectivity index (χ0) is 11.8. The van der Waals surface area contributed by atoms with Gasteiger partial charge in [0.25, 0.3) is 11.8 Å². The van der Waals surface area contributed by atoms with Crippen LogP contribution < -0.4 is 0 Å². The van der Waals surface area contributed by atoms with Gasteiger partial charge in [0.05, 0.1) is 13.1 Å². The van der Waals surface area contributed by atoms with Crippen LogP contribution in [0.5, 0.6) is 0 Å². The quantitative estimate of drug-likeness (QED) is 0.734. The van der Waals surface area contributed by atoms with Gasteiger partial charge in [-0.2, -0.15) is 0 Å². The third kappa shape index (κ3) is 2.16. The molecule has 1 saturated heterocycles. The number of likely N-dealkylation sites (tertiary alicyclic amines) is 1. The summed E-state index contributed by atoms with van der Waals surface area (Å²) in [4.78, 5) is 12.8. The number of carbonyl (C=O) groups excluding carboxylic acids is 1. The summed E-state index contributed by atoms with van der Waals surface area (Å²) < 4.78 is 25.1. The van der Waals surface area contributed by atoms with E-state index in [1.807, 2.05) is 0 Å². The van der Waals surface area contributed by atoms with Crippen LogP contribution in [0.25, 0.3) is 0 Å². The summed E-state index contributed by atoms with van der Waals surface area (Å²) in [6.07, 6.45) is 0. The number of alkyl halides is 3. The smallest absolute Gasteiger partial charge is 0.282 e. The van der Waals surface area contributed by atoms with Crippen molar-refractivity contribution in [3.8, 4) is 0 Å². The van der Waals surface area contributed by atoms with E-state index in [4.69, 9.17) is 11.6 Å². The second kappa shape index (κ2) is 4.01. The van der Waals surface area contributed by atoms with Crippen LogP contribution in [-0.2, 0) is 5.88 Å². The standard InChI is InChI=1S/C11H10ClF2NO/c12-5-8-1-3-9(4-2-8)10(16)15-6-11(13,14)7-15/h1-4H,5-7H2. The molecule has 2 nitrogen and oxygen atoms in total. The Balaban J connectivity index is 2.05. The maximum Gasteiger partial charge on any atom is 0.282 e. The van der Waals surface area contributed by atoms with Crippen molar-refractivity contribution in [2.24, 2.45) is 0 Å². The first-order valence-corrected chi connectivity index (χ1v) is 5.37. The molecule has 1 fully saturated rings. The highest BCUT2D eigenvalue weighted by molar-refractivity contribution is 6.17. The highest BCUT2D eigenvalue weighted by Gasteiger charge is 2.46. The number of hydrogen-bond donors (Lipinski definition) is 0. The molecule has 86 valence electrons. The zero-order valence-corrected chi connectivity index (χ0v) is 9.18. The molecule has 0 saturated carbocycles. The van der Waals surface area contributed by atoms with Gasteiger partial charge in [-0.3, -0.25) is 4.79 Å². The average Bonchev–Trinajstić information content (AvgIpc) is 2.25. The average molecular weight is 246 g/mol. The van der Waals surface area contributed by atoms with E-state index in [1.54, 1.807) is 24.3 Å². The van der Waals surface area contributed by atoms with E-state index in [-0.39, 0.29) is 5.91 Å². The van der Waals surface area contributed by atoms with Gasteiger partial charge in [0.2, 0.25) is 0 Å². The first-order valence-electron chi connectivity index (χ1n) is 4.84. The molecule has 0 radical (unpaired) electrons. The number of nitrogens with zero attached hydrogens (tertiary/aromatic N) is 1. The maximum atomic E-state index is 12.6. The van der Waals surface area contributed by atoms with Crippen LogP contribution in [0.3, 0.4) is 0 Å². The molecule has 16 heavy (non-hydrogen) atoms. The van der Waals surface area contributed by atoms with Crippen LogP contribution in [0.4, 0.5) is 8.78 Å². The predicted molar refractivity (Wildman–Crippen MR) is 56.8 cm³/mol. The monoisotopic (exact) mass is 245 g/mol. The Morgan fingerprint density at radius 1 is 1.31 bits per heavy atom. The fourth-order valence-electron chi connectivity index (χ4n) is 1.57. The third-order valence-corrected chi connectivity index (χ3v) is 2.80. The van der Waals surface area contributed by atoms with Gasteiger partial charge in [-0.15, -0.1) is 11.6 Å². The Bertz CT molecular complexity index is 397. The molecule has 1 amide bonds. The van der Waals surface area contributed by atoms with E-state index in [0.29, 0.717) is 11.4 Å². The Morgan fingerprint density at radius 3 is 2.31 bits per heavy atom. The molecule has 1 aliphatic rings. The van der Waals surface area contributed by atoms with E-state index < -0.39 is 19.0 Å². The third-order valence-electron chi connectivity index (χ3n) is 2.49. The SMILES string of the molecule is O=C(c1ccc(CCl)cc1)N1CC(F)(F)C1. The number of hydrogen-bond acceptors (Lipinski definition) is 1. The van der Waals surface area contributed by atoms with Crippen molar-refractivity contribution in [2.75, 3.05) is 13.1 Å². The summed E-state index contributed by atoms with van der Waals surface area (Å²) in [5.74, 6) is -2.70. The van der Waals surface area contributed by atoms with Crippen molar-refractivity contribution in [1.29, 1.82) is 0 Å². The number of carbonyl (C=O) groups is 1. The van der Waals surface area contributed by atoms with Crippen molar-refractivity contribution in [3.63, 3.8) is 0 Å². The number of rotatable bonds is 2. The molecule has 0 unspecified atom stereocenters. The van der Waals surface area contributed by atoms with Crippen LogP contribution in [0.2, 0.25) is 0 Å². The topological polar surface area (TPSA) is 20.3 Å². The molecule has 0 N–H and O–H groups in total. The Kier molecular flexibility index (Phi) is 2.84.